The summed E-state index contributed by atoms with van der Waals surface area (Å²) in [6, 6.07) is 12.4. The summed E-state index contributed by atoms with van der Waals surface area (Å²) in [6.07, 6.45) is 1.67. The first-order valence-corrected chi connectivity index (χ1v) is 10.8. The molecule has 0 unspecified atom stereocenters. The zero-order valence-corrected chi connectivity index (χ0v) is 16.8. The molecule has 1 fully saturated rings. The van der Waals surface area contributed by atoms with Crippen LogP contribution in [-0.2, 0) is 14.8 Å². The van der Waals surface area contributed by atoms with E-state index in [1.165, 1.54) is 18.2 Å². The van der Waals surface area contributed by atoms with E-state index in [0.717, 1.165) is 12.8 Å². The van der Waals surface area contributed by atoms with Crippen LogP contribution in [0.4, 0.5) is 5.69 Å². The fourth-order valence-electron chi connectivity index (χ4n) is 2.53. The summed E-state index contributed by atoms with van der Waals surface area (Å²) in [4.78, 5) is 24.0. The number of sulfonamides is 1. The number of ether oxygens (including phenoxy) is 1. The van der Waals surface area contributed by atoms with Gasteiger partial charge in [0.25, 0.3) is 11.8 Å². The molecule has 0 heterocycles. The molecule has 0 aromatic heterocycles. The van der Waals surface area contributed by atoms with Gasteiger partial charge in [0.15, 0.2) is 6.61 Å². The second-order valence-corrected chi connectivity index (χ2v) is 8.36. The van der Waals surface area contributed by atoms with Gasteiger partial charge in [-0.05, 0) is 62.2 Å². The summed E-state index contributed by atoms with van der Waals surface area (Å²) in [7, 11) is -3.63. The topological polar surface area (TPSA) is 114 Å². The van der Waals surface area contributed by atoms with Crippen LogP contribution in [0, 0.1) is 0 Å². The van der Waals surface area contributed by atoms with Gasteiger partial charge in [-0.25, -0.2) is 13.1 Å². The first-order chi connectivity index (χ1) is 13.9. The summed E-state index contributed by atoms with van der Waals surface area (Å²) in [5, 5.41) is 5.35. The Balaban J connectivity index is 1.61. The van der Waals surface area contributed by atoms with Gasteiger partial charge in [-0.2, -0.15) is 0 Å². The van der Waals surface area contributed by atoms with Crippen LogP contribution in [0.15, 0.2) is 53.4 Å². The van der Waals surface area contributed by atoms with E-state index in [9.17, 15) is 18.0 Å². The largest absolute Gasteiger partial charge is 0.484 e. The van der Waals surface area contributed by atoms with Crippen molar-refractivity contribution >= 4 is 27.5 Å². The molecule has 0 radical (unpaired) electrons. The van der Waals surface area contributed by atoms with Crippen molar-refractivity contribution in [2.24, 2.45) is 0 Å². The van der Waals surface area contributed by atoms with E-state index in [2.05, 4.69) is 15.4 Å². The van der Waals surface area contributed by atoms with Crippen molar-refractivity contribution in [1.29, 1.82) is 0 Å². The molecule has 29 heavy (non-hydrogen) atoms. The molecule has 0 saturated heterocycles. The molecule has 0 spiro atoms. The molecule has 154 valence electrons. The minimum atomic E-state index is -3.63. The average molecular weight is 417 g/mol. The maximum Gasteiger partial charge on any atom is 0.257 e. The van der Waals surface area contributed by atoms with Crippen LogP contribution in [0.25, 0.3) is 0 Å². The van der Waals surface area contributed by atoms with E-state index in [4.69, 9.17) is 4.74 Å². The lowest BCUT2D eigenvalue weighted by molar-refractivity contribution is -0.122. The van der Waals surface area contributed by atoms with Crippen molar-refractivity contribution in [3.05, 3.63) is 54.1 Å². The molecule has 0 atom stereocenters. The minimum absolute atomic E-state index is 0.00809. The number of rotatable bonds is 9. The Morgan fingerprint density at radius 1 is 1.10 bits per heavy atom. The van der Waals surface area contributed by atoms with Gasteiger partial charge in [0.2, 0.25) is 10.0 Å². The molecule has 1 saturated carbocycles. The van der Waals surface area contributed by atoms with Gasteiger partial charge in [0.1, 0.15) is 5.75 Å². The van der Waals surface area contributed by atoms with Crippen LogP contribution in [-0.4, -0.2) is 39.4 Å². The van der Waals surface area contributed by atoms with Crippen molar-refractivity contribution in [3.63, 3.8) is 0 Å². The van der Waals surface area contributed by atoms with E-state index in [1.807, 2.05) is 6.92 Å². The molecule has 2 aromatic carbocycles. The predicted octanol–water partition coefficient (Wildman–Crippen LogP) is 1.89. The normalized spacial score (nSPS) is 13.6. The van der Waals surface area contributed by atoms with Gasteiger partial charge >= 0.3 is 0 Å². The SMILES string of the molecule is CCNC(=O)COc1ccc(NC(=O)c2cccc(S(=O)(=O)NC3CC3)c2)cc1. The van der Waals surface area contributed by atoms with Gasteiger partial charge < -0.3 is 15.4 Å². The molecule has 1 aliphatic carbocycles. The lowest BCUT2D eigenvalue weighted by Crippen LogP contribution is -2.28. The van der Waals surface area contributed by atoms with Crippen molar-refractivity contribution in [1.82, 2.24) is 10.0 Å². The highest BCUT2D eigenvalue weighted by Gasteiger charge is 2.28. The van der Waals surface area contributed by atoms with Crippen LogP contribution in [0.3, 0.4) is 0 Å². The van der Waals surface area contributed by atoms with E-state index >= 15 is 0 Å². The Kier molecular flexibility index (Phi) is 6.50. The fourth-order valence-corrected chi connectivity index (χ4v) is 3.88. The van der Waals surface area contributed by atoms with Crippen LogP contribution < -0.4 is 20.1 Å². The Morgan fingerprint density at radius 3 is 2.48 bits per heavy atom. The van der Waals surface area contributed by atoms with Gasteiger partial charge in [0, 0.05) is 23.8 Å². The molecule has 3 rings (SSSR count). The Hall–Kier alpha value is -2.91. The number of benzene rings is 2. The van der Waals surface area contributed by atoms with Gasteiger partial charge in [-0.1, -0.05) is 6.07 Å². The maximum atomic E-state index is 12.5. The molecular formula is C20H23N3O5S. The van der Waals surface area contributed by atoms with Crippen LogP contribution in [0.5, 0.6) is 5.75 Å². The number of likely N-dealkylation sites (N-methyl/N-ethyl adjacent to an activating group) is 1. The fraction of sp³-hybridized carbons (Fsp3) is 0.300. The Bertz CT molecular complexity index is 985. The third kappa shape index (κ3) is 6.03. The molecule has 0 aliphatic heterocycles. The average Bonchev–Trinajstić information content (AvgIpc) is 3.51. The molecule has 8 nitrogen and oxygen atoms in total. The van der Waals surface area contributed by atoms with Gasteiger partial charge in [0.05, 0.1) is 4.90 Å². The third-order valence-electron chi connectivity index (χ3n) is 4.16. The smallest absolute Gasteiger partial charge is 0.257 e. The second kappa shape index (κ2) is 9.06. The van der Waals surface area contributed by atoms with Crippen molar-refractivity contribution < 1.29 is 22.7 Å². The lowest BCUT2D eigenvalue weighted by atomic mass is 10.2. The molecule has 0 bridgehead atoms. The van der Waals surface area contributed by atoms with E-state index in [0.29, 0.717) is 18.0 Å². The predicted molar refractivity (Wildman–Crippen MR) is 108 cm³/mol. The number of carbonyl (C=O) groups excluding carboxylic acids is 2. The molecule has 3 N–H and O–H groups in total. The third-order valence-corrected chi connectivity index (χ3v) is 5.68. The highest BCUT2D eigenvalue weighted by molar-refractivity contribution is 7.89. The standard InChI is InChI=1S/C20H23N3O5S/c1-2-21-19(24)13-28-17-10-8-15(9-11-17)22-20(25)14-4-3-5-18(12-14)29(26,27)23-16-6-7-16/h3-5,8-12,16,23H,2,6-7,13H2,1H3,(H,21,24)(H,22,25). The van der Waals surface area contributed by atoms with E-state index < -0.39 is 15.9 Å². The van der Waals surface area contributed by atoms with E-state index in [1.54, 1.807) is 30.3 Å². The first-order valence-electron chi connectivity index (χ1n) is 9.30. The number of hydrogen-bond acceptors (Lipinski definition) is 5. The monoisotopic (exact) mass is 417 g/mol. The quantitative estimate of drug-likeness (QED) is 0.577. The van der Waals surface area contributed by atoms with Crippen LogP contribution >= 0.6 is 0 Å². The Morgan fingerprint density at radius 2 is 1.83 bits per heavy atom. The lowest BCUT2D eigenvalue weighted by Gasteiger charge is -2.10. The highest BCUT2D eigenvalue weighted by Crippen LogP contribution is 2.23. The van der Waals surface area contributed by atoms with Crippen molar-refractivity contribution in [3.8, 4) is 5.75 Å². The second-order valence-electron chi connectivity index (χ2n) is 6.64. The number of nitrogens with one attached hydrogen (secondary N) is 3. The number of hydrogen-bond donors (Lipinski definition) is 3. The maximum absolute atomic E-state index is 12.5. The summed E-state index contributed by atoms with van der Waals surface area (Å²) in [6.45, 7) is 2.27. The van der Waals surface area contributed by atoms with Crippen LogP contribution in [0.1, 0.15) is 30.1 Å². The summed E-state index contributed by atoms with van der Waals surface area (Å²) >= 11 is 0. The van der Waals surface area contributed by atoms with Gasteiger partial charge in [-0.15, -0.1) is 0 Å². The van der Waals surface area contributed by atoms with Crippen LogP contribution in [0.2, 0.25) is 0 Å². The zero-order chi connectivity index (χ0) is 20.9. The number of anilines is 1. The Labute approximate surface area is 169 Å². The van der Waals surface area contributed by atoms with Crippen molar-refractivity contribution in [2.45, 2.75) is 30.7 Å². The summed E-state index contributed by atoms with van der Waals surface area (Å²) in [5.74, 6) is -0.145. The van der Waals surface area contributed by atoms with Crippen molar-refractivity contribution in [2.75, 3.05) is 18.5 Å². The molecule has 2 amide bonds. The van der Waals surface area contributed by atoms with E-state index in [-0.39, 0.29) is 29.0 Å². The number of amides is 2. The summed E-state index contributed by atoms with van der Waals surface area (Å²) in [5.41, 5.74) is 0.755. The molecule has 2 aromatic rings. The molecule has 9 heteroatoms. The minimum Gasteiger partial charge on any atom is -0.484 e. The highest BCUT2D eigenvalue weighted by atomic mass is 32.2. The summed E-state index contributed by atoms with van der Waals surface area (Å²) < 4.78 is 32.6. The first kappa shape index (κ1) is 20.8. The molecule has 1 aliphatic rings. The zero-order valence-electron chi connectivity index (χ0n) is 16.0. The molecular weight excluding hydrogens is 394 g/mol. The van der Waals surface area contributed by atoms with Gasteiger partial charge in [-0.3, -0.25) is 9.59 Å². The number of carbonyl (C=O) groups is 2.